The van der Waals surface area contributed by atoms with Gasteiger partial charge < -0.3 is 0 Å². The van der Waals surface area contributed by atoms with E-state index in [2.05, 4.69) is 15.5 Å². The molecule has 0 unspecified atom stereocenters. The van der Waals surface area contributed by atoms with Crippen molar-refractivity contribution < 1.29 is 9.59 Å². The van der Waals surface area contributed by atoms with Gasteiger partial charge in [-0.05, 0) is 0 Å². The van der Waals surface area contributed by atoms with Gasteiger partial charge in [0.25, 0.3) is 5.91 Å². The summed E-state index contributed by atoms with van der Waals surface area (Å²) in [5.41, 5.74) is 2.14. The predicted molar refractivity (Wildman–Crippen MR) is 30.1 cm³/mol. The molecule has 0 aliphatic carbocycles. The van der Waals surface area contributed by atoms with Gasteiger partial charge in [0.05, 0.1) is 6.21 Å². The third-order valence-electron chi connectivity index (χ3n) is 0.777. The van der Waals surface area contributed by atoms with Gasteiger partial charge in [0.15, 0.2) is 5.71 Å². The first-order chi connectivity index (χ1) is 4.34. The largest absolute Gasteiger partial charge is 0.291 e. The summed E-state index contributed by atoms with van der Waals surface area (Å²) in [6.07, 6.45) is 1.49. The molecule has 46 valence electrons. The van der Waals surface area contributed by atoms with E-state index in [1.165, 1.54) is 6.21 Å². The first-order valence-electron chi connectivity index (χ1n) is 2.19. The molecule has 1 heterocycles. The van der Waals surface area contributed by atoms with E-state index < -0.39 is 5.91 Å². The van der Waals surface area contributed by atoms with Crippen molar-refractivity contribution in [3.05, 3.63) is 0 Å². The number of carbonyl (C=O) groups is 2. The van der Waals surface area contributed by atoms with Crippen molar-refractivity contribution in [1.82, 2.24) is 5.43 Å². The SMILES string of the molecule is O=CN=C1C=NNC1=O. The second-order valence-corrected chi connectivity index (χ2v) is 1.32. The van der Waals surface area contributed by atoms with Gasteiger partial charge in [-0.25, -0.2) is 10.4 Å². The molecule has 0 saturated heterocycles. The Bertz CT molecular complexity index is 206. The Morgan fingerprint density at radius 2 is 2.56 bits per heavy atom. The van der Waals surface area contributed by atoms with E-state index in [0.29, 0.717) is 6.41 Å². The van der Waals surface area contributed by atoms with Gasteiger partial charge in [-0.2, -0.15) is 5.10 Å². The quantitative estimate of drug-likeness (QED) is 0.442. The second-order valence-electron chi connectivity index (χ2n) is 1.32. The van der Waals surface area contributed by atoms with Crippen molar-refractivity contribution in [2.24, 2.45) is 10.1 Å². The van der Waals surface area contributed by atoms with Crippen molar-refractivity contribution in [2.75, 3.05) is 0 Å². The second kappa shape index (κ2) is 2.17. The van der Waals surface area contributed by atoms with Crippen LogP contribution in [0.3, 0.4) is 0 Å². The molecule has 0 aromatic carbocycles. The lowest BCUT2D eigenvalue weighted by molar-refractivity contribution is -0.114. The highest BCUT2D eigenvalue weighted by Gasteiger charge is 2.12. The average molecular weight is 125 g/mol. The molecule has 1 aliphatic rings. The summed E-state index contributed by atoms with van der Waals surface area (Å²) in [4.78, 5) is 23.3. The number of hydrogen-bond donors (Lipinski definition) is 1. The summed E-state index contributed by atoms with van der Waals surface area (Å²) < 4.78 is 0. The van der Waals surface area contributed by atoms with E-state index in [9.17, 15) is 9.59 Å². The number of carbonyl (C=O) groups excluding carboxylic acids is 2. The molecule has 2 amide bonds. The number of aliphatic imine (C=N–C) groups is 1. The molecule has 0 aromatic heterocycles. The maximum Gasteiger partial charge on any atom is 0.291 e. The molecule has 0 bridgehead atoms. The number of nitrogens with one attached hydrogen (secondary N) is 1. The fourth-order valence-corrected chi connectivity index (χ4v) is 0.417. The molecular formula is C4H3N3O2. The third-order valence-corrected chi connectivity index (χ3v) is 0.777. The molecule has 0 aromatic rings. The van der Waals surface area contributed by atoms with Gasteiger partial charge in [-0.1, -0.05) is 0 Å². The first kappa shape index (κ1) is 5.61. The zero-order chi connectivity index (χ0) is 6.69. The predicted octanol–water partition coefficient (Wildman–Crippen LogP) is -1.30. The van der Waals surface area contributed by atoms with E-state index in [0.717, 1.165) is 0 Å². The monoisotopic (exact) mass is 125 g/mol. The van der Waals surface area contributed by atoms with Gasteiger partial charge >= 0.3 is 0 Å². The maximum atomic E-state index is 10.4. The van der Waals surface area contributed by atoms with Crippen LogP contribution in [-0.4, -0.2) is 24.2 Å². The van der Waals surface area contributed by atoms with E-state index >= 15 is 0 Å². The Morgan fingerprint density at radius 3 is 3.00 bits per heavy atom. The molecule has 1 rings (SSSR count). The molecule has 9 heavy (non-hydrogen) atoms. The molecule has 0 saturated carbocycles. The van der Waals surface area contributed by atoms with Crippen LogP contribution in [0.25, 0.3) is 0 Å². The number of nitrogens with zero attached hydrogens (tertiary/aromatic N) is 2. The van der Waals surface area contributed by atoms with E-state index in [1.807, 2.05) is 0 Å². The molecule has 5 heteroatoms. The van der Waals surface area contributed by atoms with Crippen molar-refractivity contribution in [3.63, 3.8) is 0 Å². The number of amides is 2. The Kier molecular flexibility index (Phi) is 1.35. The Balaban J connectivity index is 2.81. The highest BCUT2D eigenvalue weighted by Crippen LogP contribution is 1.81. The summed E-state index contributed by atoms with van der Waals surface area (Å²) in [6.45, 7) is 0. The van der Waals surface area contributed by atoms with Crippen LogP contribution in [0.4, 0.5) is 0 Å². The Labute approximate surface area is 50.5 Å². The minimum Gasteiger partial charge on any atom is -0.276 e. The highest BCUT2D eigenvalue weighted by atomic mass is 16.2. The van der Waals surface area contributed by atoms with Gasteiger partial charge in [-0.15, -0.1) is 0 Å². The van der Waals surface area contributed by atoms with Crippen LogP contribution in [0, 0.1) is 0 Å². The summed E-state index contributed by atoms with van der Waals surface area (Å²) >= 11 is 0. The Morgan fingerprint density at radius 1 is 1.78 bits per heavy atom. The normalized spacial score (nSPS) is 20.4. The fourth-order valence-electron chi connectivity index (χ4n) is 0.417. The summed E-state index contributed by atoms with van der Waals surface area (Å²) in [6, 6.07) is 0. The zero-order valence-corrected chi connectivity index (χ0v) is 4.37. The molecule has 1 aliphatic heterocycles. The molecule has 0 fully saturated rings. The lowest BCUT2D eigenvalue weighted by Crippen LogP contribution is -2.19. The van der Waals surface area contributed by atoms with Gasteiger partial charge in [0.2, 0.25) is 6.41 Å². The summed E-state index contributed by atoms with van der Waals surface area (Å²) in [7, 11) is 0. The molecule has 1 N–H and O–H groups in total. The first-order valence-corrected chi connectivity index (χ1v) is 2.19. The standard InChI is InChI=1S/C4H3N3O2/c8-2-5-3-1-6-7-4(3)9/h1-2H,(H,5,7,8,9). The van der Waals surface area contributed by atoms with Crippen LogP contribution in [-0.2, 0) is 9.59 Å². The van der Waals surface area contributed by atoms with Crippen molar-refractivity contribution in [2.45, 2.75) is 0 Å². The van der Waals surface area contributed by atoms with Crippen molar-refractivity contribution >= 4 is 24.2 Å². The lowest BCUT2D eigenvalue weighted by atomic mass is 10.4. The van der Waals surface area contributed by atoms with Crippen LogP contribution in [0.1, 0.15) is 0 Å². The van der Waals surface area contributed by atoms with Gasteiger partial charge in [0, 0.05) is 0 Å². The highest BCUT2D eigenvalue weighted by molar-refractivity contribution is 6.63. The van der Waals surface area contributed by atoms with Gasteiger partial charge in [0.1, 0.15) is 0 Å². The molecular weight excluding hydrogens is 122 g/mol. The average Bonchev–Trinajstić information content (AvgIpc) is 2.18. The van der Waals surface area contributed by atoms with E-state index in [-0.39, 0.29) is 5.71 Å². The Hall–Kier alpha value is -1.52. The van der Waals surface area contributed by atoms with Crippen LogP contribution in [0.15, 0.2) is 10.1 Å². The van der Waals surface area contributed by atoms with Gasteiger partial charge in [-0.3, -0.25) is 9.59 Å². The number of hydrazone groups is 1. The minimum absolute atomic E-state index is 0.0463. The maximum absolute atomic E-state index is 10.4. The van der Waals surface area contributed by atoms with Crippen LogP contribution in [0.2, 0.25) is 0 Å². The lowest BCUT2D eigenvalue weighted by Gasteiger charge is -1.81. The van der Waals surface area contributed by atoms with Crippen LogP contribution in [0.5, 0.6) is 0 Å². The van der Waals surface area contributed by atoms with E-state index in [4.69, 9.17) is 0 Å². The smallest absolute Gasteiger partial charge is 0.276 e. The summed E-state index contributed by atoms with van der Waals surface area (Å²) in [5, 5.41) is 3.35. The fraction of sp³-hybridized carbons (Fsp3) is 0. The number of hydrogen-bond acceptors (Lipinski definition) is 3. The molecule has 0 radical (unpaired) electrons. The molecule has 0 spiro atoms. The van der Waals surface area contributed by atoms with Crippen LogP contribution < -0.4 is 5.43 Å². The molecule has 0 atom stereocenters. The number of rotatable bonds is 1. The van der Waals surface area contributed by atoms with Crippen molar-refractivity contribution in [3.8, 4) is 0 Å². The van der Waals surface area contributed by atoms with E-state index in [1.54, 1.807) is 0 Å². The topological polar surface area (TPSA) is 70.9 Å². The minimum atomic E-state index is -0.442. The zero-order valence-electron chi connectivity index (χ0n) is 4.37. The molecule has 5 nitrogen and oxygen atoms in total. The van der Waals surface area contributed by atoms with Crippen LogP contribution >= 0.6 is 0 Å². The summed E-state index contributed by atoms with van der Waals surface area (Å²) in [5.74, 6) is -0.442. The third kappa shape index (κ3) is 0.987. The van der Waals surface area contributed by atoms with Crippen molar-refractivity contribution in [1.29, 1.82) is 0 Å².